The summed E-state index contributed by atoms with van der Waals surface area (Å²) in [5.41, 5.74) is 2.02. The summed E-state index contributed by atoms with van der Waals surface area (Å²) in [5, 5.41) is 0. The average molecular weight is 340 g/mol. The first-order valence-corrected chi connectivity index (χ1v) is 8.50. The van der Waals surface area contributed by atoms with Crippen molar-refractivity contribution in [1.82, 2.24) is 4.90 Å². The number of benzene rings is 2. The van der Waals surface area contributed by atoms with E-state index in [9.17, 15) is 4.79 Å². The van der Waals surface area contributed by atoms with Crippen molar-refractivity contribution in [2.24, 2.45) is 0 Å². The molecule has 1 saturated heterocycles. The van der Waals surface area contributed by atoms with Crippen LogP contribution in [0.25, 0.3) is 0 Å². The normalized spacial score (nSPS) is 14.3. The fourth-order valence-electron chi connectivity index (χ4n) is 3.21. The van der Waals surface area contributed by atoms with E-state index in [1.165, 1.54) is 0 Å². The quantitative estimate of drug-likeness (QED) is 0.839. The molecule has 0 N–H and O–H groups in total. The lowest BCUT2D eigenvalue weighted by Crippen LogP contribution is -2.49. The van der Waals surface area contributed by atoms with E-state index in [0.29, 0.717) is 19.5 Å². The number of methoxy groups -OCH3 is 2. The molecule has 0 radical (unpaired) electrons. The summed E-state index contributed by atoms with van der Waals surface area (Å²) in [4.78, 5) is 16.8. The van der Waals surface area contributed by atoms with Crippen LogP contribution >= 0.6 is 0 Å². The molecule has 2 aromatic carbocycles. The molecule has 0 bridgehead atoms. The Kier molecular flexibility index (Phi) is 5.43. The number of rotatable bonds is 5. The number of piperazine rings is 1. The van der Waals surface area contributed by atoms with Gasteiger partial charge < -0.3 is 19.3 Å². The number of nitrogens with zero attached hydrogens (tertiary/aromatic N) is 2. The predicted molar refractivity (Wildman–Crippen MR) is 98.5 cm³/mol. The van der Waals surface area contributed by atoms with Gasteiger partial charge in [-0.3, -0.25) is 4.79 Å². The van der Waals surface area contributed by atoms with Crippen LogP contribution in [0.4, 0.5) is 5.69 Å². The number of anilines is 1. The molecule has 1 amide bonds. The van der Waals surface area contributed by atoms with Crippen LogP contribution in [0.2, 0.25) is 0 Å². The molecule has 3 rings (SSSR count). The molecule has 0 saturated carbocycles. The summed E-state index contributed by atoms with van der Waals surface area (Å²) in [6, 6.07) is 15.7. The van der Waals surface area contributed by atoms with Crippen LogP contribution in [0.3, 0.4) is 0 Å². The van der Waals surface area contributed by atoms with E-state index < -0.39 is 0 Å². The molecule has 1 aliphatic heterocycles. The van der Waals surface area contributed by atoms with Gasteiger partial charge in [0.25, 0.3) is 0 Å². The highest BCUT2D eigenvalue weighted by atomic mass is 16.5. The number of carbonyl (C=O) groups excluding carboxylic acids is 1. The van der Waals surface area contributed by atoms with Gasteiger partial charge in [0.15, 0.2) is 0 Å². The first kappa shape index (κ1) is 17.1. The second-order valence-corrected chi connectivity index (χ2v) is 6.03. The second-order valence-electron chi connectivity index (χ2n) is 6.03. The monoisotopic (exact) mass is 340 g/mol. The van der Waals surface area contributed by atoms with Crippen LogP contribution in [-0.2, 0) is 11.2 Å². The molecule has 132 valence electrons. The lowest BCUT2D eigenvalue weighted by atomic mass is 10.1. The molecule has 0 aromatic heterocycles. The molecule has 0 spiro atoms. The fraction of sp³-hybridized carbons (Fsp3) is 0.350. The number of amides is 1. The molecule has 5 heteroatoms. The Morgan fingerprint density at radius 1 is 0.880 bits per heavy atom. The van der Waals surface area contributed by atoms with E-state index in [4.69, 9.17) is 9.47 Å². The zero-order valence-corrected chi connectivity index (χ0v) is 14.8. The Morgan fingerprint density at radius 2 is 1.48 bits per heavy atom. The van der Waals surface area contributed by atoms with Gasteiger partial charge in [-0.15, -0.1) is 0 Å². The smallest absolute Gasteiger partial charge is 0.227 e. The van der Waals surface area contributed by atoms with Crippen molar-refractivity contribution in [2.75, 3.05) is 45.3 Å². The Hall–Kier alpha value is -2.69. The van der Waals surface area contributed by atoms with E-state index in [0.717, 1.165) is 35.8 Å². The molecule has 1 aliphatic rings. The molecule has 0 aliphatic carbocycles. The van der Waals surface area contributed by atoms with Gasteiger partial charge in [0, 0.05) is 31.7 Å². The zero-order chi connectivity index (χ0) is 17.6. The van der Waals surface area contributed by atoms with E-state index in [1.807, 2.05) is 47.4 Å². The Balaban J connectivity index is 1.61. The van der Waals surface area contributed by atoms with Crippen molar-refractivity contribution >= 4 is 11.6 Å². The highest BCUT2D eigenvalue weighted by Gasteiger charge is 2.23. The lowest BCUT2D eigenvalue weighted by Gasteiger charge is -2.36. The maximum atomic E-state index is 12.6. The molecular weight excluding hydrogens is 316 g/mol. The standard InChI is InChI=1S/C20H24N2O3/c1-24-18-9-5-3-7-16(18)15-20(23)22-13-11-21(12-14-22)17-8-4-6-10-19(17)25-2/h3-10H,11-15H2,1-2H3. The summed E-state index contributed by atoms with van der Waals surface area (Å²) in [6.07, 6.45) is 0.374. The third-order valence-electron chi connectivity index (χ3n) is 4.59. The molecule has 0 atom stereocenters. The molecule has 2 aromatic rings. The van der Waals surface area contributed by atoms with Crippen molar-refractivity contribution in [2.45, 2.75) is 6.42 Å². The van der Waals surface area contributed by atoms with E-state index in [-0.39, 0.29) is 5.91 Å². The second kappa shape index (κ2) is 7.92. The van der Waals surface area contributed by atoms with Crippen LogP contribution in [-0.4, -0.2) is 51.2 Å². The van der Waals surface area contributed by atoms with Crippen LogP contribution < -0.4 is 14.4 Å². The van der Waals surface area contributed by atoms with Gasteiger partial charge in [-0.1, -0.05) is 30.3 Å². The summed E-state index contributed by atoms with van der Waals surface area (Å²) >= 11 is 0. The van der Waals surface area contributed by atoms with Gasteiger partial charge in [0.05, 0.1) is 26.3 Å². The number of ether oxygens (including phenoxy) is 2. The number of hydrogen-bond donors (Lipinski definition) is 0. The van der Waals surface area contributed by atoms with Crippen molar-refractivity contribution in [3.05, 3.63) is 54.1 Å². The average Bonchev–Trinajstić information content (AvgIpc) is 2.68. The maximum absolute atomic E-state index is 12.6. The Labute approximate surface area is 148 Å². The van der Waals surface area contributed by atoms with Crippen LogP contribution in [0.5, 0.6) is 11.5 Å². The highest BCUT2D eigenvalue weighted by Crippen LogP contribution is 2.28. The van der Waals surface area contributed by atoms with Crippen molar-refractivity contribution < 1.29 is 14.3 Å². The summed E-state index contributed by atoms with van der Waals surface area (Å²) < 4.78 is 10.8. The van der Waals surface area contributed by atoms with E-state index in [1.54, 1.807) is 14.2 Å². The minimum absolute atomic E-state index is 0.143. The molecule has 1 heterocycles. The fourth-order valence-corrected chi connectivity index (χ4v) is 3.21. The number of carbonyl (C=O) groups is 1. The Bertz CT molecular complexity index is 724. The third kappa shape index (κ3) is 3.87. The first-order valence-electron chi connectivity index (χ1n) is 8.50. The summed E-state index contributed by atoms with van der Waals surface area (Å²) in [5.74, 6) is 1.78. The molecular formula is C20H24N2O3. The first-order chi connectivity index (χ1) is 12.2. The van der Waals surface area contributed by atoms with Crippen molar-refractivity contribution in [3.63, 3.8) is 0 Å². The van der Waals surface area contributed by atoms with Crippen molar-refractivity contribution in [1.29, 1.82) is 0 Å². The van der Waals surface area contributed by atoms with Gasteiger partial charge >= 0.3 is 0 Å². The van der Waals surface area contributed by atoms with E-state index in [2.05, 4.69) is 11.0 Å². The van der Waals surface area contributed by atoms with Gasteiger partial charge in [-0.25, -0.2) is 0 Å². The molecule has 1 fully saturated rings. The van der Waals surface area contributed by atoms with Crippen LogP contribution in [0.15, 0.2) is 48.5 Å². The Morgan fingerprint density at radius 3 is 2.16 bits per heavy atom. The zero-order valence-electron chi connectivity index (χ0n) is 14.8. The topological polar surface area (TPSA) is 42.0 Å². The highest BCUT2D eigenvalue weighted by molar-refractivity contribution is 5.80. The predicted octanol–water partition coefficient (Wildman–Crippen LogP) is 2.60. The SMILES string of the molecule is COc1ccccc1CC(=O)N1CCN(c2ccccc2OC)CC1. The largest absolute Gasteiger partial charge is 0.496 e. The number of para-hydroxylation sites is 3. The summed E-state index contributed by atoms with van der Waals surface area (Å²) in [7, 11) is 3.32. The minimum Gasteiger partial charge on any atom is -0.496 e. The molecule has 25 heavy (non-hydrogen) atoms. The summed E-state index contributed by atoms with van der Waals surface area (Å²) in [6.45, 7) is 3.04. The van der Waals surface area contributed by atoms with Gasteiger partial charge in [-0.05, 0) is 18.2 Å². The van der Waals surface area contributed by atoms with Crippen LogP contribution in [0.1, 0.15) is 5.56 Å². The van der Waals surface area contributed by atoms with E-state index >= 15 is 0 Å². The van der Waals surface area contributed by atoms with Gasteiger partial charge in [0.1, 0.15) is 11.5 Å². The molecule has 0 unspecified atom stereocenters. The van der Waals surface area contributed by atoms with Crippen molar-refractivity contribution in [3.8, 4) is 11.5 Å². The molecule has 5 nitrogen and oxygen atoms in total. The number of hydrogen-bond acceptors (Lipinski definition) is 4. The van der Waals surface area contributed by atoms with Gasteiger partial charge in [0.2, 0.25) is 5.91 Å². The van der Waals surface area contributed by atoms with Gasteiger partial charge in [-0.2, -0.15) is 0 Å². The third-order valence-corrected chi connectivity index (χ3v) is 4.59. The minimum atomic E-state index is 0.143. The lowest BCUT2D eigenvalue weighted by molar-refractivity contribution is -0.130. The van der Waals surface area contributed by atoms with Crippen LogP contribution in [0, 0.1) is 0 Å². The maximum Gasteiger partial charge on any atom is 0.227 e.